The summed E-state index contributed by atoms with van der Waals surface area (Å²) in [4.78, 5) is 16.5. The molecule has 1 aliphatic heterocycles. The molecule has 1 aliphatic rings. The Kier molecular flexibility index (Phi) is 4.64. The minimum Gasteiger partial charge on any atom is -0.483 e. The molecular formula is C20H20N4O2. The van der Waals surface area contributed by atoms with Crippen LogP contribution in [-0.2, 0) is 4.79 Å². The number of carbonyl (C=O) groups excluding carboxylic acids is 1. The van der Waals surface area contributed by atoms with E-state index in [0.29, 0.717) is 13.1 Å². The van der Waals surface area contributed by atoms with Gasteiger partial charge in [-0.2, -0.15) is 5.10 Å². The van der Waals surface area contributed by atoms with Crippen LogP contribution in [0.2, 0.25) is 0 Å². The van der Waals surface area contributed by atoms with Gasteiger partial charge in [0.05, 0.1) is 0 Å². The van der Waals surface area contributed by atoms with E-state index in [1.165, 1.54) is 0 Å². The summed E-state index contributed by atoms with van der Waals surface area (Å²) in [6.45, 7) is 2.87. The molecule has 1 saturated heterocycles. The molecule has 0 aliphatic carbocycles. The van der Waals surface area contributed by atoms with Crippen molar-refractivity contribution < 1.29 is 9.53 Å². The van der Waals surface area contributed by atoms with E-state index in [0.717, 1.165) is 35.4 Å². The van der Waals surface area contributed by atoms with E-state index in [1.54, 1.807) is 6.20 Å². The number of hydrogen-bond acceptors (Lipinski definition) is 5. The summed E-state index contributed by atoms with van der Waals surface area (Å²) in [5.41, 5.74) is 0. The first-order valence-electron chi connectivity index (χ1n) is 8.72. The summed E-state index contributed by atoms with van der Waals surface area (Å²) >= 11 is 0. The highest BCUT2D eigenvalue weighted by atomic mass is 16.5. The first-order valence-corrected chi connectivity index (χ1v) is 8.72. The molecule has 2 heterocycles. The van der Waals surface area contributed by atoms with Crippen LogP contribution in [0, 0.1) is 0 Å². The summed E-state index contributed by atoms with van der Waals surface area (Å²) in [5, 5.41) is 10.2. The van der Waals surface area contributed by atoms with Gasteiger partial charge in [0.15, 0.2) is 12.4 Å². The van der Waals surface area contributed by atoms with Crippen molar-refractivity contribution in [2.75, 3.05) is 37.7 Å². The maximum atomic E-state index is 12.5. The van der Waals surface area contributed by atoms with Crippen molar-refractivity contribution in [1.29, 1.82) is 0 Å². The fraction of sp³-hybridized carbons (Fsp3) is 0.250. The second-order valence-corrected chi connectivity index (χ2v) is 6.22. The van der Waals surface area contributed by atoms with Crippen LogP contribution in [-0.4, -0.2) is 53.8 Å². The molecule has 1 fully saturated rings. The molecule has 0 bridgehead atoms. The molecule has 1 aromatic heterocycles. The van der Waals surface area contributed by atoms with E-state index in [4.69, 9.17) is 4.74 Å². The van der Waals surface area contributed by atoms with Gasteiger partial charge in [0, 0.05) is 37.8 Å². The molecule has 132 valence electrons. The summed E-state index contributed by atoms with van der Waals surface area (Å²) < 4.78 is 5.82. The Balaban J connectivity index is 1.34. The van der Waals surface area contributed by atoms with E-state index >= 15 is 0 Å². The third kappa shape index (κ3) is 3.44. The Labute approximate surface area is 152 Å². The lowest BCUT2D eigenvalue weighted by atomic mass is 10.1. The third-order valence-corrected chi connectivity index (χ3v) is 4.62. The predicted octanol–water partition coefficient (Wildman–Crippen LogP) is 2.36. The summed E-state index contributed by atoms with van der Waals surface area (Å²) in [7, 11) is 0. The van der Waals surface area contributed by atoms with Crippen LogP contribution in [0.1, 0.15) is 0 Å². The Hall–Kier alpha value is -3.15. The van der Waals surface area contributed by atoms with Crippen molar-refractivity contribution in [2.45, 2.75) is 0 Å². The van der Waals surface area contributed by atoms with Crippen molar-refractivity contribution in [3.63, 3.8) is 0 Å². The minimum absolute atomic E-state index is 0.0109. The molecule has 0 atom stereocenters. The molecule has 6 heteroatoms. The lowest BCUT2D eigenvalue weighted by Gasteiger charge is -2.35. The molecule has 6 nitrogen and oxygen atoms in total. The Morgan fingerprint density at radius 1 is 0.962 bits per heavy atom. The molecule has 3 aromatic rings. The van der Waals surface area contributed by atoms with Crippen LogP contribution in [0.15, 0.2) is 60.8 Å². The zero-order valence-corrected chi connectivity index (χ0v) is 14.4. The molecule has 26 heavy (non-hydrogen) atoms. The van der Waals surface area contributed by atoms with Gasteiger partial charge >= 0.3 is 0 Å². The van der Waals surface area contributed by atoms with Crippen molar-refractivity contribution >= 4 is 22.5 Å². The number of ether oxygens (including phenoxy) is 1. The molecular weight excluding hydrogens is 328 g/mol. The second kappa shape index (κ2) is 7.39. The van der Waals surface area contributed by atoms with Gasteiger partial charge in [-0.15, -0.1) is 5.10 Å². The number of hydrogen-bond donors (Lipinski definition) is 0. The number of rotatable bonds is 4. The van der Waals surface area contributed by atoms with Crippen LogP contribution < -0.4 is 9.64 Å². The number of benzene rings is 2. The molecule has 0 radical (unpaired) electrons. The van der Waals surface area contributed by atoms with Gasteiger partial charge in [0.1, 0.15) is 5.75 Å². The van der Waals surface area contributed by atoms with Gasteiger partial charge in [-0.25, -0.2) is 0 Å². The highest BCUT2D eigenvalue weighted by Crippen LogP contribution is 2.25. The highest BCUT2D eigenvalue weighted by molar-refractivity contribution is 5.88. The van der Waals surface area contributed by atoms with Gasteiger partial charge < -0.3 is 14.5 Å². The zero-order chi connectivity index (χ0) is 17.8. The van der Waals surface area contributed by atoms with Crippen LogP contribution in [0.25, 0.3) is 10.8 Å². The quantitative estimate of drug-likeness (QED) is 0.724. The van der Waals surface area contributed by atoms with Gasteiger partial charge in [0.2, 0.25) is 0 Å². The standard InChI is InChI=1S/C20H20N4O2/c25-20(15-26-18-8-3-6-16-5-1-2-7-17(16)18)24-13-11-23(12-14-24)19-9-4-10-21-22-19/h1-10H,11-15H2. The van der Waals surface area contributed by atoms with Gasteiger partial charge in [-0.05, 0) is 23.6 Å². The van der Waals surface area contributed by atoms with Crippen LogP contribution in [0.4, 0.5) is 5.82 Å². The van der Waals surface area contributed by atoms with Crippen LogP contribution in [0.5, 0.6) is 5.75 Å². The van der Waals surface area contributed by atoms with E-state index in [9.17, 15) is 4.79 Å². The number of aromatic nitrogens is 2. The van der Waals surface area contributed by atoms with Crippen molar-refractivity contribution in [2.24, 2.45) is 0 Å². The summed E-state index contributed by atoms with van der Waals surface area (Å²) in [6.07, 6.45) is 1.66. The van der Waals surface area contributed by atoms with Gasteiger partial charge in [-0.1, -0.05) is 36.4 Å². The summed E-state index contributed by atoms with van der Waals surface area (Å²) in [6, 6.07) is 17.7. The number of nitrogens with zero attached hydrogens (tertiary/aromatic N) is 4. The second-order valence-electron chi connectivity index (χ2n) is 6.22. The highest BCUT2D eigenvalue weighted by Gasteiger charge is 2.22. The van der Waals surface area contributed by atoms with Crippen LogP contribution >= 0.6 is 0 Å². The van der Waals surface area contributed by atoms with E-state index in [2.05, 4.69) is 15.1 Å². The first kappa shape index (κ1) is 16.3. The average Bonchev–Trinajstić information content (AvgIpc) is 2.73. The third-order valence-electron chi connectivity index (χ3n) is 4.62. The largest absolute Gasteiger partial charge is 0.483 e. The average molecular weight is 348 g/mol. The van der Waals surface area contributed by atoms with E-state index in [-0.39, 0.29) is 12.5 Å². The molecule has 0 unspecified atom stereocenters. The number of fused-ring (bicyclic) bond motifs is 1. The topological polar surface area (TPSA) is 58.6 Å². The molecule has 0 saturated carbocycles. The normalized spacial score (nSPS) is 14.5. The number of anilines is 1. The number of amides is 1. The van der Waals surface area contributed by atoms with Crippen molar-refractivity contribution in [3.8, 4) is 5.75 Å². The lowest BCUT2D eigenvalue weighted by molar-refractivity contribution is -0.133. The zero-order valence-electron chi connectivity index (χ0n) is 14.4. The maximum Gasteiger partial charge on any atom is 0.260 e. The fourth-order valence-electron chi connectivity index (χ4n) is 3.20. The molecule has 1 amide bonds. The Morgan fingerprint density at radius 3 is 2.58 bits per heavy atom. The molecule has 0 N–H and O–H groups in total. The molecule has 2 aromatic carbocycles. The minimum atomic E-state index is 0.0109. The molecule has 0 spiro atoms. The van der Waals surface area contributed by atoms with Gasteiger partial charge in [-0.3, -0.25) is 4.79 Å². The van der Waals surface area contributed by atoms with Gasteiger partial charge in [0.25, 0.3) is 5.91 Å². The monoisotopic (exact) mass is 348 g/mol. The lowest BCUT2D eigenvalue weighted by Crippen LogP contribution is -2.50. The van der Waals surface area contributed by atoms with Crippen molar-refractivity contribution in [3.05, 3.63) is 60.8 Å². The SMILES string of the molecule is O=C(COc1cccc2ccccc12)N1CCN(c2cccnn2)CC1. The Bertz CT molecular complexity index is 887. The van der Waals surface area contributed by atoms with E-state index < -0.39 is 0 Å². The molecule has 4 rings (SSSR count). The predicted molar refractivity (Wildman–Crippen MR) is 100 cm³/mol. The maximum absolute atomic E-state index is 12.5. The smallest absolute Gasteiger partial charge is 0.260 e. The number of piperazine rings is 1. The fourth-order valence-corrected chi connectivity index (χ4v) is 3.20. The van der Waals surface area contributed by atoms with Crippen molar-refractivity contribution in [1.82, 2.24) is 15.1 Å². The Morgan fingerprint density at radius 2 is 1.77 bits per heavy atom. The summed E-state index contributed by atoms with van der Waals surface area (Å²) in [5.74, 6) is 1.61. The van der Waals surface area contributed by atoms with Crippen LogP contribution in [0.3, 0.4) is 0 Å². The number of carbonyl (C=O) groups is 1. The van der Waals surface area contributed by atoms with E-state index in [1.807, 2.05) is 59.5 Å². The first-order chi connectivity index (χ1) is 12.8.